The molecule has 0 aromatic heterocycles. The fraction of sp³-hybridized carbons (Fsp3) is 0.959. The van der Waals surface area contributed by atoms with Crippen LogP contribution in [-0.2, 0) is 61.2 Å². The van der Waals surface area contributed by atoms with Crippen molar-refractivity contribution in [3.05, 3.63) is 0 Å². The monoisotopic (exact) mass is 1440 g/mol. The third-order valence-corrected chi connectivity index (χ3v) is 20.8. The van der Waals surface area contributed by atoms with E-state index in [4.69, 9.17) is 42.2 Å². The van der Waals surface area contributed by atoms with Crippen LogP contribution >= 0.6 is 7.82 Å². The Morgan fingerprint density at radius 2 is 0.707 bits per heavy atom. The number of unbranched alkanes of at least 4 members (excludes halogenated alkanes) is 36. The van der Waals surface area contributed by atoms with Crippen molar-refractivity contribution in [2.24, 2.45) is 5.92 Å². The second kappa shape index (κ2) is 55.4. The highest BCUT2D eigenvalue weighted by Crippen LogP contribution is 2.49. The first-order chi connectivity index (χ1) is 47.7. The van der Waals surface area contributed by atoms with Crippen molar-refractivity contribution in [2.45, 2.75) is 421 Å². The Labute approximate surface area is 593 Å². The summed E-state index contributed by atoms with van der Waals surface area (Å²) < 4.78 is 65.2. The van der Waals surface area contributed by atoms with Crippen LogP contribution in [0, 0.1) is 5.92 Å². The number of phosphoric acid groups is 1. The normalized spacial score (nSPS) is 27.7. The number of carbonyl (C=O) groups is 3. The topological polar surface area (TPSA) is 374 Å². The van der Waals surface area contributed by atoms with Gasteiger partial charge in [0.25, 0.3) is 0 Å². The summed E-state index contributed by atoms with van der Waals surface area (Å²) in [5.74, 6) is -1.29. The highest BCUT2D eigenvalue weighted by atomic mass is 31.2. The standard InChI is InChI=1S/C74H139O24P/c1-5-8-11-14-17-19-21-23-25-27-29-31-37-42-47-58(76)90-51-55(93-60(78)49-44-39-34-33-36-41-46-54(4)45-40-35-16-13-10-7-3)52-92-99(88,89)98-72-70(96-73-68(86)63(81)61(79)56(50-75)94-73)66(84)65(83)67(85)71(72)97-74-69(87)64(82)62(80)57(95-74)53-91-59(77)48-43-38-32-30-28-26-24-22-20-18-15-12-9-6-2/h54-57,61-75,79-87H,5-53H2,1-4H3,(H,88,89). The number of ether oxygens (including phenoxy) is 7. The Kier molecular flexibility index (Phi) is 51.0. The first kappa shape index (κ1) is 91.2. The molecule has 3 fully saturated rings. The maximum atomic E-state index is 14.4. The zero-order chi connectivity index (χ0) is 72.6. The lowest BCUT2D eigenvalue weighted by Gasteiger charge is -2.49. The SMILES string of the molecule is CCCCCCCCCCCCCCCCC(=O)OCC(COP(=O)(O)OC1C(OC2OC(CO)C(O)C(O)C2O)C(O)C(O)C(O)C1OC1OC(COC(=O)CCCCCCCCCCCCCCCC)C(O)C(O)C1O)OC(=O)CCCCCCCCC(C)CCCCCCCC. The van der Waals surface area contributed by atoms with Crippen LogP contribution in [0.15, 0.2) is 0 Å². The molecule has 2 aliphatic heterocycles. The molecule has 3 aliphatic rings. The summed E-state index contributed by atoms with van der Waals surface area (Å²) in [6, 6.07) is 0. The number of esters is 3. The largest absolute Gasteiger partial charge is 0.472 e. The van der Waals surface area contributed by atoms with Crippen LogP contribution < -0.4 is 0 Å². The zero-order valence-corrected chi connectivity index (χ0v) is 62.1. The molecule has 584 valence electrons. The van der Waals surface area contributed by atoms with Gasteiger partial charge >= 0.3 is 25.7 Å². The Morgan fingerprint density at radius 1 is 0.384 bits per heavy atom. The summed E-state index contributed by atoms with van der Waals surface area (Å²) in [5.41, 5.74) is 0. The maximum Gasteiger partial charge on any atom is 0.472 e. The van der Waals surface area contributed by atoms with Gasteiger partial charge in [-0.1, -0.05) is 278 Å². The number of hydrogen-bond acceptors (Lipinski definition) is 23. The Hall–Kier alpha value is -2.04. The van der Waals surface area contributed by atoms with Crippen LogP contribution in [-0.4, -0.2) is 204 Å². The first-order valence-electron chi connectivity index (χ1n) is 39.2. The number of rotatable bonds is 61. The average Bonchev–Trinajstić information content (AvgIpc) is 0.761. The van der Waals surface area contributed by atoms with E-state index in [0.717, 1.165) is 89.9 Å². The minimum atomic E-state index is -5.69. The van der Waals surface area contributed by atoms with Gasteiger partial charge in [-0.3, -0.25) is 23.4 Å². The summed E-state index contributed by atoms with van der Waals surface area (Å²) in [6.07, 6.45) is 11.6. The smallest absolute Gasteiger partial charge is 0.463 e. The fourth-order valence-corrected chi connectivity index (χ4v) is 14.3. The first-order valence-corrected chi connectivity index (χ1v) is 40.7. The van der Waals surface area contributed by atoms with Crippen LogP contribution in [0.4, 0.5) is 0 Å². The van der Waals surface area contributed by atoms with Crippen molar-refractivity contribution in [1.82, 2.24) is 0 Å². The molecule has 24 nitrogen and oxygen atoms in total. The zero-order valence-electron chi connectivity index (χ0n) is 61.2. The summed E-state index contributed by atoms with van der Waals surface area (Å²) >= 11 is 0. The molecule has 0 aromatic carbocycles. The van der Waals surface area contributed by atoms with Crippen molar-refractivity contribution < 1.29 is 117 Å². The predicted molar refractivity (Wildman–Crippen MR) is 375 cm³/mol. The van der Waals surface area contributed by atoms with Crippen molar-refractivity contribution in [3.63, 3.8) is 0 Å². The number of aliphatic hydroxyl groups excluding tert-OH is 10. The van der Waals surface area contributed by atoms with Crippen molar-refractivity contribution >= 4 is 25.7 Å². The average molecular weight is 1440 g/mol. The quantitative estimate of drug-likeness (QED) is 0.0117. The minimum Gasteiger partial charge on any atom is -0.463 e. The highest BCUT2D eigenvalue weighted by molar-refractivity contribution is 7.47. The molecule has 19 atom stereocenters. The number of aliphatic hydroxyl groups is 10. The van der Waals surface area contributed by atoms with Gasteiger partial charge in [0.05, 0.1) is 13.2 Å². The molecule has 11 N–H and O–H groups in total. The van der Waals surface area contributed by atoms with E-state index < -0.39 is 156 Å². The molecule has 1 saturated carbocycles. The molecule has 0 aromatic rings. The second-order valence-corrected chi connectivity index (χ2v) is 30.1. The van der Waals surface area contributed by atoms with Gasteiger partial charge in [0.1, 0.15) is 98.7 Å². The lowest BCUT2D eigenvalue weighted by Crippen LogP contribution is -2.69. The van der Waals surface area contributed by atoms with Gasteiger partial charge in [-0.15, -0.1) is 0 Å². The van der Waals surface area contributed by atoms with Crippen LogP contribution in [0.1, 0.15) is 317 Å². The lowest BCUT2D eigenvalue weighted by molar-refractivity contribution is -0.360. The van der Waals surface area contributed by atoms with E-state index in [0.29, 0.717) is 25.2 Å². The van der Waals surface area contributed by atoms with Crippen LogP contribution in [0.5, 0.6) is 0 Å². The van der Waals surface area contributed by atoms with E-state index in [1.165, 1.54) is 161 Å². The summed E-state index contributed by atoms with van der Waals surface area (Å²) in [7, 11) is -5.69. The van der Waals surface area contributed by atoms with Gasteiger partial charge in [-0.25, -0.2) is 4.57 Å². The Balaban J connectivity index is 1.73. The minimum absolute atomic E-state index is 0.0333. The van der Waals surface area contributed by atoms with Gasteiger partial charge < -0.3 is 89.1 Å². The molecule has 1 aliphatic carbocycles. The summed E-state index contributed by atoms with van der Waals surface area (Å²) in [6.45, 7) is 5.80. The second-order valence-electron chi connectivity index (χ2n) is 28.7. The van der Waals surface area contributed by atoms with Crippen LogP contribution in [0.3, 0.4) is 0 Å². The van der Waals surface area contributed by atoms with E-state index in [9.17, 15) is 74.9 Å². The van der Waals surface area contributed by atoms with Crippen molar-refractivity contribution in [2.75, 3.05) is 26.4 Å². The van der Waals surface area contributed by atoms with Crippen LogP contribution in [0.25, 0.3) is 0 Å². The number of hydrogen-bond donors (Lipinski definition) is 11. The van der Waals surface area contributed by atoms with E-state index in [1.807, 2.05) is 0 Å². The number of phosphoric ester groups is 1. The molecule has 99 heavy (non-hydrogen) atoms. The molecular weight excluding hydrogens is 1300 g/mol. The molecule has 2 heterocycles. The molecule has 0 spiro atoms. The van der Waals surface area contributed by atoms with Gasteiger partial charge in [0.2, 0.25) is 0 Å². The molecule has 25 heteroatoms. The molecule has 3 rings (SSSR count). The number of carbonyl (C=O) groups excluding carboxylic acids is 3. The molecule has 19 unspecified atom stereocenters. The third kappa shape index (κ3) is 38.7. The van der Waals surface area contributed by atoms with Gasteiger partial charge in [0.15, 0.2) is 18.7 Å². The van der Waals surface area contributed by atoms with E-state index in [1.54, 1.807) is 0 Å². The van der Waals surface area contributed by atoms with Crippen molar-refractivity contribution in [1.29, 1.82) is 0 Å². The maximum absolute atomic E-state index is 14.4. The molecular formula is C74H139O24P. The van der Waals surface area contributed by atoms with E-state index in [2.05, 4.69) is 27.7 Å². The molecule has 2 saturated heterocycles. The fourth-order valence-electron chi connectivity index (χ4n) is 13.3. The van der Waals surface area contributed by atoms with Gasteiger partial charge in [0, 0.05) is 19.3 Å². The van der Waals surface area contributed by atoms with Crippen LogP contribution in [0.2, 0.25) is 0 Å². The van der Waals surface area contributed by atoms with Gasteiger partial charge in [-0.2, -0.15) is 0 Å². The lowest BCUT2D eigenvalue weighted by atomic mass is 9.84. The summed E-state index contributed by atoms with van der Waals surface area (Å²) in [4.78, 5) is 51.1. The van der Waals surface area contributed by atoms with E-state index >= 15 is 0 Å². The van der Waals surface area contributed by atoms with E-state index in [-0.39, 0.29) is 19.3 Å². The molecule has 0 bridgehead atoms. The Morgan fingerprint density at radius 3 is 1.09 bits per heavy atom. The Bertz CT molecular complexity index is 2060. The summed E-state index contributed by atoms with van der Waals surface area (Å²) in [5, 5.41) is 110. The third-order valence-electron chi connectivity index (χ3n) is 19.8. The molecule has 0 amide bonds. The predicted octanol–water partition coefficient (Wildman–Crippen LogP) is 11.2. The van der Waals surface area contributed by atoms with Gasteiger partial charge in [-0.05, 0) is 25.2 Å². The van der Waals surface area contributed by atoms with Crippen molar-refractivity contribution in [3.8, 4) is 0 Å². The molecule has 0 radical (unpaired) electrons. The highest BCUT2D eigenvalue weighted by Gasteiger charge is 2.58.